The van der Waals surface area contributed by atoms with Gasteiger partial charge in [-0.05, 0) is 22.4 Å². The Labute approximate surface area is 130 Å². The molecule has 19 heavy (non-hydrogen) atoms. The first-order chi connectivity index (χ1) is 8.79. The van der Waals surface area contributed by atoms with Gasteiger partial charge in [0.1, 0.15) is 0 Å². The highest BCUT2D eigenvalue weighted by molar-refractivity contribution is 14.0. The molecule has 0 spiro atoms. The van der Waals surface area contributed by atoms with Gasteiger partial charge >= 0.3 is 0 Å². The van der Waals surface area contributed by atoms with Gasteiger partial charge in [-0.3, -0.25) is 0 Å². The second-order valence-corrected chi connectivity index (χ2v) is 4.05. The van der Waals surface area contributed by atoms with Gasteiger partial charge in [-0.25, -0.2) is 4.99 Å². The van der Waals surface area contributed by atoms with Crippen molar-refractivity contribution >= 4 is 40.7 Å². The van der Waals surface area contributed by atoms with Crippen LogP contribution in [0.4, 0.5) is 0 Å². The predicted molar refractivity (Wildman–Crippen MR) is 92.9 cm³/mol. The maximum atomic E-state index is 5.71. The fourth-order valence-electron chi connectivity index (χ4n) is 1.75. The molecule has 0 saturated heterocycles. The first kappa shape index (κ1) is 15.5. The van der Waals surface area contributed by atoms with Crippen molar-refractivity contribution in [1.29, 1.82) is 0 Å². The predicted octanol–water partition coefficient (Wildman–Crippen LogP) is 3.05. The van der Waals surface area contributed by atoms with E-state index in [1.165, 1.54) is 10.8 Å². The Kier molecular flexibility index (Phi) is 6.35. The molecule has 2 aromatic carbocycles. The van der Waals surface area contributed by atoms with Crippen molar-refractivity contribution in [2.45, 2.75) is 6.54 Å². The summed E-state index contributed by atoms with van der Waals surface area (Å²) in [5, 5.41) is 5.41. The van der Waals surface area contributed by atoms with Crippen LogP contribution in [0, 0.1) is 0 Å². The van der Waals surface area contributed by atoms with Crippen molar-refractivity contribution in [3.8, 4) is 0 Å². The van der Waals surface area contributed by atoms with E-state index in [1.807, 2.05) is 12.1 Å². The fraction of sp³-hybridized carbons (Fsp3) is 0.133. The molecule has 0 unspecified atom stereocenters. The topological polar surface area (TPSA) is 50.4 Å². The Hall–Kier alpha value is -1.56. The molecule has 3 N–H and O–H groups in total. The molecule has 0 aliphatic heterocycles. The Morgan fingerprint density at radius 1 is 1.21 bits per heavy atom. The van der Waals surface area contributed by atoms with E-state index in [0.717, 1.165) is 5.56 Å². The van der Waals surface area contributed by atoms with Gasteiger partial charge in [0, 0.05) is 6.54 Å². The molecule has 0 aliphatic rings. The largest absolute Gasteiger partial charge is 0.370 e. The highest BCUT2D eigenvalue weighted by Crippen LogP contribution is 2.15. The van der Waals surface area contributed by atoms with Crippen molar-refractivity contribution in [3.05, 3.63) is 60.7 Å². The number of halogens is 1. The van der Waals surface area contributed by atoms with Crippen LogP contribution in [-0.4, -0.2) is 12.5 Å². The summed E-state index contributed by atoms with van der Waals surface area (Å²) in [5.41, 5.74) is 6.86. The zero-order chi connectivity index (χ0) is 12.8. The molecule has 0 atom stereocenters. The minimum absolute atomic E-state index is 0. The molecule has 0 aromatic heterocycles. The summed E-state index contributed by atoms with van der Waals surface area (Å²) < 4.78 is 0. The lowest BCUT2D eigenvalue weighted by Gasteiger charge is -2.03. The molecule has 0 amide bonds. The number of nitrogens with zero attached hydrogens (tertiary/aromatic N) is 1. The van der Waals surface area contributed by atoms with Crippen LogP contribution >= 0.6 is 24.0 Å². The lowest BCUT2D eigenvalue weighted by atomic mass is 10.1. The SMILES string of the molecule is C=CCNC(N)=NCc1ccc2ccccc2c1.I. The molecule has 0 fully saturated rings. The van der Waals surface area contributed by atoms with Crippen molar-refractivity contribution < 1.29 is 0 Å². The molecule has 0 heterocycles. The summed E-state index contributed by atoms with van der Waals surface area (Å²) in [6, 6.07) is 14.6. The molecule has 0 aliphatic carbocycles. The zero-order valence-electron chi connectivity index (χ0n) is 10.7. The van der Waals surface area contributed by atoms with Gasteiger partial charge in [-0.2, -0.15) is 0 Å². The van der Waals surface area contributed by atoms with Crippen LogP contribution in [0.3, 0.4) is 0 Å². The van der Waals surface area contributed by atoms with Gasteiger partial charge in [0.15, 0.2) is 5.96 Å². The summed E-state index contributed by atoms with van der Waals surface area (Å²) in [6.45, 7) is 4.83. The van der Waals surface area contributed by atoms with Gasteiger partial charge in [-0.15, -0.1) is 30.6 Å². The second kappa shape index (κ2) is 7.78. The van der Waals surface area contributed by atoms with Crippen LogP contribution in [0.5, 0.6) is 0 Å². The summed E-state index contributed by atoms with van der Waals surface area (Å²) in [6.07, 6.45) is 1.75. The number of guanidine groups is 1. The van der Waals surface area contributed by atoms with Crippen LogP contribution in [0.2, 0.25) is 0 Å². The van der Waals surface area contributed by atoms with E-state index in [1.54, 1.807) is 6.08 Å². The minimum atomic E-state index is 0. The van der Waals surface area contributed by atoms with Crippen LogP contribution < -0.4 is 11.1 Å². The van der Waals surface area contributed by atoms with E-state index >= 15 is 0 Å². The highest BCUT2D eigenvalue weighted by atomic mass is 127. The molecule has 100 valence electrons. The average Bonchev–Trinajstić information content (AvgIpc) is 2.42. The first-order valence-corrected chi connectivity index (χ1v) is 5.92. The number of rotatable bonds is 4. The maximum absolute atomic E-state index is 5.71. The van der Waals surface area contributed by atoms with Crippen molar-refractivity contribution in [2.75, 3.05) is 6.54 Å². The van der Waals surface area contributed by atoms with Crippen molar-refractivity contribution in [1.82, 2.24) is 5.32 Å². The van der Waals surface area contributed by atoms with Crippen molar-refractivity contribution in [3.63, 3.8) is 0 Å². The lowest BCUT2D eigenvalue weighted by Crippen LogP contribution is -2.31. The molecule has 2 rings (SSSR count). The van der Waals surface area contributed by atoms with Gasteiger partial charge in [0.05, 0.1) is 6.54 Å². The monoisotopic (exact) mass is 367 g/mol. The molecule has 3 nitrogen and oxygen atoms in total. The van der Waals surface area contributed by atoms with E-state index in [0.29, 0.717) is 19.0 Å². The lowest BCUT2D eigenvalue weighted by molar-refractivity contribution is 0.971. The number of fused-ring (bicyclic) bond motifs is 1. The first-order valence-electron chi connectivity index (χ1n) is 5.92. The number of nitrogens with two attached hydrogens (primary N) is 1. The number of nitrogens with one attached hydrogen (secondary N) is 1. The van der Waals surface area contributed by atoms with Crippen LogP contribution in [0.1, 0.15) is 5.56 Å². The normalized spacial score (nSPS) is 10.8. The van der Waals surface area contributed by atoms with Gasteiger partial charge in [-0.1, -0.05) is 42.5 Å². The van der Waals surface area contributed by atoms with E-state index in [2.05, 4.69) is 47.2 Å². The van der Waals surface area contributed by atoms with Gasteiger partial charge in [0.2, 0.25) is 0 Å². The molecule has 0 bridgehead atoms. The van der Waals surface area contributed by atoms with E-state index in [-0.39, 0.29) is 24.0 Å². The Bertz CT molecular complexity index is 578. The average molecular weight is 367 g/mol. The van der Waals surface area contributed by atoms with Crippen molar-refractivity contribution in [2.24, 2.45) is 10.7 Å². The summed E-state index contributed by atoms with van der Waals surface area (Å²) in [5.74, 6) is 0.447. The molecule has 2 aromatic rings. The molecule has 0 saturated carbocycles. The smallest absolute Gasteiger partial charge is 0.189 e. The zero-order valence-corrected chi connectivity index (χ0v) is 13.0. The quantitative estimate of drug-likeness (QED) is 0.378. The van der Waals surface area contributed by atoms with E-state index in [9.17, 15) is 0 Å². The van der Waals surface area contributed by atoms with Crippen LogP contribution in [-0.2, 0) is 6.54 Å². The second-order valence-electron chi connectivity index (χ2n) is 4.05. The third kappa shape index (κ3) is 4.55. The highest BCUT2D eigenvalue weighted by Gasteiger charge is 1.96. The van der Waals surface area contributed by atoms with Crippen LogP contribution in [0.15, 0.2) is 60.1 Å². The number of hydrogen-bond donors (Lipinski definition) is 2. The standard InChI is InChI=1S/C15H17N3.HI/c1-2-9-17-15(16)18-11-12-7-8-13-5-3-4-6-14(13)10-12;/h2-8,10H,1,9,11H2,(H3,16,17,18);1H. The summed E-state index contributed by atoms with van der Waals surface area (Å²) in [7, 11) is 0. The van der Waals surface area contributed by atoms with Crippen LogP contribution in [0.25, 0.3) is 10.8 Å². The molecular formula is C15H18IN3. The van der Waals surface area contributed by atoms with Gasteiger partial charge in [0.25, 0.3) is 0 Å². The maximum Gasteiger partial charge on any atom is 0.189 e. The summed E-state index contributed by atoms with van der Waals surface area (Å²) in [4.78, 5) is 4.27. The van der Waals surface area contributed by atoms with E-state index in [4.69, 9.17) is 5.73 Å². The van der Waals surface area contributed by atoms with Gasteiger partial charge < -0.3 is 11.1 Å². The Morgan fingerprint density at radius 3 is 2.68 bits per heavy atom. The fourth-order valence-corrected chi connectivity index (χ4v) is 1.75. The Balaban J connectivity index is 0.00000180. The molecule has 0 radical (unpaired) electrons. The molecular weight excluding hydrogens is 349 g/mol. The Morgan fingerprint density at radius 2 is 1.95 bits per heavy atom. The number of hydrogen-bond acceptors (Lipinski definition) is 1. The number of aliphatic imine (C=N–C) groups is 1. The third-order valence-electron chi connectivity index (χ3n) is 2.67. The third-order valence-corrected chi connectivity index (χ3v) is 2.67. The van der Waals surface area contributed by atoms with E-state index < -0.39 is 0 Å². The molecule has 4 heteroatoms. The number of benzene rings is 2. The minimum Gasteiger partial charge on any atom is -0.370 e. The summed E-state index contributed by atoms with van der Waals surface area (Å²) >= 11 is 0.